The van der Waals surface area contributed by atoms with Crippen LogP contribution in [0.3, 0.4) is 0 Å². The number of carbonyl (C=O) groups is 2. The molecule has 0 spiro atoms. The zero-order valence-electron chi connectivity index (χ0n) is 25.7. The van der Waals surface area contributed by atoms with E-state index in [0.29, 0.717) is 29.9 Å². The molecule has 0 saturated heterocycles. The van der Waals surface area contributed by atoms with Crippen LogP contribution < -0.4 is 9.47 Å². The van der Waals surface area contributed by atoms with Crippen LogP contribution in [0.2, 0.25) is 18.1 Å². The van der Waals surface area contributed by atoms with E-state index in [-0.39, 0.29) is 35.8 Å². The summed E-state index contributed by atoms with van der Waals surface area (Å²) in [4.78, 5) is 26.5. The summed E-state index contributed by atoms with van der Waals surface area (Å²) in [7, 11) is 0.631. The Morgan fingerprint density at radius 2 is 1.57 bits per heavy atom. The molecule has 3 aromatic rings. The third kappa shape index (κ3) is 9.00. The molecule has 1 unspecified atom stereocenters. The quantitative estimate of drug-likeness (QED) is 0.106. The molecule has 0 heterocycles. The molecular formula is C34H43FO6Si. The number of halogens is 1. The van der Waals surface area contributed by atoms with E-state index in [4.69, 9.17) is 18.6 Å². The van der Waals surface area contributed by atoms with Crippen molar-refractivity contribution in [3.05, 3.63) is 95.3 Å². The van der Waals surface area contributed by atoms with Gasteiger partial charge < -0.3 is 18.6 Å². The van der Waals surface area contributed by atoms with E-state index in [0.717, 1.165) is 11.1 Å². The Morgan fingerprint density at radius 3 is 2.17 bits per heavy atom. The van der Waals surface area contributed by atoms with E-state index < -0.39 is 20.2 Å². The van der Waals surface area contributed by atoms with Crippen molar-refractivity contribution in [2.75, 3.05) is 14.2 Å². The maximum atomic E-state index is 14.1. The van der Waals surface area contributed by atoms with Gasteiger partial charge in [-0.1, -0.05) is 63.2 Å². The van der Waals surface area contributed by atoms with Gasteiger partial charge in [-0.05, 0) is 66.4 Å². The van der Waals surface area contributed by atoms with Gasteiger partial charge in [0.15, 0.2) is 14.1 Å². The van der Waals surface area contributed by atoms with Gasteiger partial charge in [0.1, 0.15) is 23.9 Å². The summed E-state index contributed by atoms with van der Waals surface area (Å²) in [6.07, 6.45) is 0.357. The molecule has 8 heteroatoms. The number of esters is 1. The number of ketones is 1. The first-order chi connectivity index (χ1) is 19.8. The predicted octanol–water partition coefficient (Wildman–Crippen LogP) is 8.32. The van der Waals surface area contributed by atoms with Gasteiger partial charge in [-0.3, -0.25) is 9.59 Å². The Labute approximate surface area is 250 Å². The van der Waals surface area contributed by atoms with Crippen molar-refractivity contribution in [2.24, 2.45) is 5.92 Å². The van der Waals surface area contributed by atoms with Gasteiger partial charge in [0.25, 0.3) is 0 Å². The second-order valence-corrected chi connectivity index (χ2v) is 16.7. The summed E-state index contributed by atoms with van der Waals surface area (Å²) in [6, 6.07) is 21.0. The summed E-state index contributed by atoms with van der Waals surface area (Å²) in [5.74, 6) is -0.778. The molecule has 0 bridgehead atoms. The number of methoxy groups -OCH3 is 2. The minimum absolute atomic E-state index is 0.0550. The molecule has 0 radical (unpaired) electrons. The maximum Gasteiger partial charge on any atom is 0.306 e. The number of carbonyl (C=O) groups excluding carboxylic acids is 2. The van der Waals surface area contributed by atoms with Crippen LogP contribution in [-0.2, 0) is 20.6 Å². The molecule has 226 valence electrons. The second kappa shape index (κ2) is 14.6. The van der Waals surface area contributed by atoms with Crippen LogP contribution in [0.5, 0.6) is 11.5 Å². The molecule has 0 aromatic heterocycles. The minimum atomic E-state index is -2.23. The zero-order valence-corrected chi connectivity index (χ0v) is 26.7. The normalized spacial score (nSPS) is 13.2. The van der Waals surface area contributed by atoms with Gasteiger partial charge in [0.2, 0.25) is 0 Å². The monoisotopic (exact) mass is 594 g/mol. The summed E-state index contributed by atoms with van der Waals surface area (Å²) in [5, 5.41) is -0.0550. The fourth-order valence-corrected chi connectivity index (χ4v) is 5.69. The molecule has 0 N–H and O–H groups in total. The van der Waals surface area contributed by atoms with Gasteiger partial charge in [0.05, 0.1) is 32.3 Å². The van der Waals surface area contributed by atoms with Gasteiger partial charge in [-0.25, -0.2) is 4.39 Å². The number of benzene rings is 3. The van der Waals surface area contributed by atoms with Crippen molar-refractivity contribution in [3.63, 3.8) is 0 Å². The molecule has 0 saturated carbocycles. The number of ether oxygens (including phenoxy) is 3. The Balaban J connectivity index is 1.91. The lowest BCUT2D eigenvalue weighted by atomic mass is 9.88. The summed E-state index contributed by atoms with van der Waals surface area (Å²) in [5.41, 5.74) is 2.15. The van der Waals surface area contributed by atoms with Gasteiger partial charge >= 0.3 is 5.97 Å². The Kier molecular flexibility index (Phi) is 11.5. The lowest BCUT2D eigenvalue weighted by Crippen LogP contribution is -2.42. The van der Waals surface area contributed by atoms with E-state index in [9.17, 15) is 14.0 Å². The van der Waals surface area contributed by atoms with Gasteiger partial charge in [0, 0.05) is 12.0 Å². The lowest BCUT2D eigenvalue weighted by Gasteiger charge is -2.39. The first-order valence-electron chi connectivity index (χ1n) is 14.2. The van der Waals surface area contributed by atoms with Crippen molar-refractivity contribution in [3.8, 4) is 11.5 Å². The van der Waals surface area contributed by atoms with E-state index in [1.807, 2.05) is 30.3 Å². The van der Waals surface area contributed by atoms with Crippen LogP contribution in [0, 0.1) is 11.7 Å². The smallest absolute Gasteiger partial charge is 0.306 e. The van der Waals surface area contributed by atoms with Crippen LogP contribution in [0.1, 0.15) is 67.6 Å². The topological polar surface area (TPSA) is 71.1 Å². The molecule has 0 aliphatic carbocycles. The average Bonchev–Trinajstić information content (AvgIpc) is 2.97. The molecule has 0 aliphatic rings. The summed E-state index contributed by atoms with van der Waals surface area (Å²) >= 11 is 0. The first-order valence-corrected chi connectivity index (χ1v) is 17.1. The molecule has 3 aromatic carbocycles. The number of rotatable bonds is 14. The van der Waals surface area contributed by atoms with Gasteiger partial charge in [-0.2, -0.15) is 0 Å². The number of hydrogen-bond acceptors (Lipinski definition) is 6. The fourth-order valence-electron chi connectivity index (χ4n) is 4.37. The highest BCUT2D eigenvalue weighted by Gasteiger charge is 2.40. The van der Waals surface area contributed by atoms with Crippen LogP contribution >= 0.6 is 0 Å². The van der Waals surface area contributed by atoms with Crippen molar-refractivity contribution in [2.45, 2.75) is 70.9 Å². The number of hydrogen-bond donors (Lipinski definition) is 0. The summed E-state index contributed by atoms with van der Waals surface area (Å²) < 4.78 is 37.0. The largest absolute Gasteiger partial charge is 0.497 e. The van der Waals surface area contributed by atoms with E-state index in [2.05, 4.69) is 33.9 Å². The molecule has 6 nitrogen and oxygen atoms in total. The highest BCUT2D eigenvalue weighted by atomic mass is 28.4. The Morgan fingerprint density at radius 1 is 0.905 bits per heavy atom. The molecule has 0 aliphatic heterocycles. The molecule has 42 heavy (non-hydrogen) atoms. The number of Topliss-reactive ketones (excluding diaryl/α,β-unsaturated/α-hetero) is 1. The third-order valence-corrected chi connectivity index (χ3v) is 12.5. The highest BCUT2D eigenvalue weighted by Crippen LogP contribution is 2.41. The second-order valence-electron chi connectivity index (χ2n) is 12.0. The molecule has 0 fully saturated rings. The molecule has 2 atom stereocenters. The lowest BCUT2D eigenvalue weighted by molar-refractivity contribution is -0.141. The standard InChI is InChI=1S/C34H43FO6Si/c1-34(2,3)42(6,7)41-30(25-13-16-27(35)17-14-25)20-15-26(21-32(36)39-5)33(37)29-19-18-28(38-4)22-31(29)40-23-24-11-9-8-10-12-24/h8-14,16-19,22,26,30H,15,20-21,23H2,1-7H3/t26?,30-/m1/s1. The van der Waals surface area contributed by atoms with E-state index >= 15 is 0 Å². The van der Waals surface area contributed by atoms with E-state index in [1.54, 1.807) is 37.4 Å². The van der Waals surface area contributed by atoms with Crippen LogP contribution in [-0.4, -0.2) is 34.3 Å². The van der Waals surface area contributed by atoms with Crippen molar-refractivity contribution in [1.82, 2.24) is 0 Å². The maximum absolute atomic E-state index is 14.1. The minimum Gasteiger partial charge on any atom is -0.497 e. The highest BCUT2D eigenvalue weighted by molar-refractivity contribution is 6.74. The van der Waals surface area contributed by atoms with Crippen molar-refractivity contribution < 1.29 is 32.6 Å². The Bertz CT molecular complexity index is 1320. The Hall–Kier alpha value is -3.49. The first kappa shape index (κ1) is 33.0. The zero-order chi connectivity index (χ0) is 30.9. The van der Waals surface area contributed by atoms with Crippen molar-refractivity contribution >= 4 is 20.1 Å². The molecule has 3 rings (SSSR count). The van der Waals surface area contributed by atoms with Crippen LogP contribution in [0.15, 0.2) is 72.8 Å². The molecular weight excluding hydrogens is 551 g/mol. The third-order valence-electron chi connectivity index (χ3n) is 7.97. The molecule has 0 amide bonds. The predicted molar refractivity (Wildman–Crippen MR) is 165 cm³/mol. The van der Waals surface area contributed by atoms with Gasteiger partial charge in [-0.15, -0.1) is 0 Å². The van der Waals surface area contributed by atoms with Crippen LogP contribution in [0.4, 0.5) is 4.39 Å². The van der Waals surface area contributed by atoms with E-state index in [1.165, 1.54) is 19.2 Å². The SMILES string of the molecule is COC(=O)CC(CC[C@@H](O[Si](C)(C)C(C)(C)C)c1ccc(F)cc1)C(=O)c1ccc(OC)cc1OCc1ccccc1. The summed E-state index contributed by atoms with van der Waals surface area (Å²) in [6.45, 7) is 11.1. The average molecular weight is 595 g/mol. The van der Waals surface area contributed by atoms with Crippen LogP contribution in [0.25, 0.3) is 0 Å². The fraction of sp³-hybridized carbons (Fsp3) is 0.412. The van der Waals surface area contributed by atoms with Crippen molar-refractivity contribution in [1.29, 1.82) is 0 Å².